The van der Waals surface area contributed by atoms with Crippen molar-refractivity contribution in [1.29, 1.82) is 0 Å². The van der Waals surface area contributed by atoms with Crippen LogP contribution < -0.4 is 14.4 Å². The van der Waals surface area contributed by atoms with E-state index in [-0.39, 0.29) is 31.1 Å². The summed E-state index contributed by atoms with van der Waals surface area (Å²) in [5.41, 5.74) is 3.06. The number of anilines is 1. The number of piperazine rings is 1. The highest BCUT2D eigenvalue weighted by atomic mass is 16.7. The molecule has 0 unspecified atom stereocenters. The third-order valence-corrected chi connectivity index (χ3v) is 6.63. The molecule has 7 heteroatoms. The van der Waals surface area contributed by atoms with Crippen LogP contribution in [0.2, 0.25) is 0 Å². The van der Waals surface area contributed by atoms with Crippen molar-refractivity contribution in [3.63, 3.8) is 0 Å². The zero-order valence-electron chi connectivity index (χ0n) is 18.6. The molecule has 2 aromatic carbocycles. The molecule has 0 spiro atoms. The summed E-state index contributed by atoms with van der Waals surface area (Å²) in [6, 6.07) is 13.5. The van der Waals surface area contributed by atoms with Crippen molar-refractivity contribution in [1.82, 2.24) is 9.80 Å². The van der Waals surface area contributed by atoms with E-state index in [1.807, 2.05) is 36.4 Å². The van der Waals surface area contributed by atoms with Gasteiger partial charge < -0.3 is 9.47 Å². The highest BCUT2D eigenvalue weighted by Gasteiger charge is 2.43. The van der Waals surface area contributed by atoms with E-state index in [0.29, 0.717) is 11.6 Å². The van der Waals surface area contributed by atoms with Crippen molar-refractivity contribution in [3.8, 4) is 11.5 Å². The van der Waals surface area contributed by atoms with Crippen LogP contribution in [0.15, 0.2) is 42.5 Å². The maximum absolute atomic E-state index is 13.1. The molecule has 168 valence electrons. The monoisotopic (exact) mass is 435 g/mol. The van der Waals surface area contributed by atoms with Crippen LogP contribution in [0.4, 0.5) is 5.69 Å². The van der Waals surface area contributed by atoms with E-state index < -0.39 is 0 Å². The number of carbonyl (C=O) groups excluding carboxylic acids is 2. The van der Waals surface area contributed by atoms with E-state index in [1.54, 1.807) is 0 Å². The van der Waals surface area contributed by atoms with E-state index >= 15 is 0 Å². The predicted octanol–water partition coefficient (Wildman–Crippen LogP) is 2.99. The Morgan fingerprint density at radius 3 is 2.38 bits per heavy atom. The molecule has 2 fully saturated rings. The van der Waals surface area contributed by atoms with Gasteiger partial charge in [-0.2, -0.15) is 0 Å². The fourth-order valence-corrected chi connectivity index (χ4v) is 4.71. The number of nitrogens with zero attached hydrogens (tertiary/aromatic N) is 3. The number of fused-ring (bicyclic) bond motifs is 1. The van der Waals surface area contributed by atoms with Crippen LogP contribution in [0, 0.1) is 0 Å². The van der Waals surface area contributed by atoms with E-state index in [4.69, 9.17) is 9.47 Å². The minimum atomic E-state index is -0.361. The zero-order valence-corrected chi connectivity index (χ0v) is 18.6. The zero-order chi connectivity index (χ0) is 22.2. The Kier molecular flexibility index (Phi) is 5.61. The van der Waals surface area contributed by atoms with Gasteiger partial charge >= 0.3 is 0 Å². The lowest BCUT2D eigenvalue weighted by atomic mass is 10.0. The van der Waals surface area contributed by atoms with Crippen molar-refractivity contribution in [2.45, 2.75) is 38.8 Å². The smallest absolute Gasteiger partial charge is 0.251 e. The molecular formula is C25H29N3O4. The number of rotatable bonds is 5. The number of amides is 2. The third-order valence-electron chi connectivity index (χ3n) is 6.63. The van der Waals surface area contributed by atoms with E-state index in [0.717, 1.165) is 44.2 Å². The van der Waals surface area contributed by atoms with Gasteiger partial charge in [0, 0.05) is 32.7 Å². The van der Waals surface area contributed by atoms with Gasteiger partial charge in [-0.1, -0.05) is 32.0 Å². The molecule has 7 nitrogen and oxygen atoms in total. The van der Waals surface area contributed by atoms with E-state index in [2.05, 4.69) is 29.7 Å². The molecule has 2 saturated heterocycles. The lowest BCUT2D eigenvalue weighted by Crippen LogP contribution is -2.52. The SMILES string of the molecule is CC(C)c1ccc(N2C(=O)C[C@H](N3CCN(Cc4ccc5c(c4)OCO5)CC3)C2=O)cc1. The highest BCUT2D eigenvalue weighted by molar-refractivity contribution is 6.22. The number of ether oxygens (including phenoxy) is 2. The first-order valence-corrected chi connectivity index (χ1v) is 11.3. The molecule has 3 aliphatic rings. The molecule has 0 aromatic heterocycles. The Morgan fingerprint density at radius 2 is 1.66 bits per heavy atom. The minimum Gasteiger partial charge on any atom is -0.454 e. The Balaban J connectivity index is 1.19. The number of imide groups is 1. The maximum Gasteiger partial charge on any atom is 0.251 e. The average molecular weight is 436 g/mol. The molecule has 0 aliphatic carbocycles. The Hall–Kier alpha value is -2.90. The number of benzene rings is 2. The molecule has 0 bridgehead atoms. The Morgan fingerprint density at radius 1 is 0.938 bits per heavy atom. The average Bonchev–Trinajstić information content (AvgIpc) is 3.38. The quantitative estimate of drug-likeness (QED) is 0.673. The van der Waals surface area contributed by atoms with Gasteiger partial charge in [0.05, 0.1) is 18.2 Å². The van der Waals surface area contributed by atoms with Crippen LogP contribution in [-0.2, 0) is 16.1 Å². The summed E-state index contributed by atoms with van der Waals surface area (Å²) in [7, 11) is 0. The summed E-state index contributed by atoms with van der Waals surface area (Å²) in [6.45, 7) is 8.63. The summed E-state index contributed by atoms with van der Waals surface area (Å²) >= 11 is 0. The molecule has 0 saturated carbocycles. The van der Waals surface area contributed by atoms with Crippen molar-refractivity contribution in [2.75, 3.05) is 37.9 Å². The molecule has 3 heterocycles. The van der Waals surface area contributed by atoms with Crippen molar-refractivity contribution in [2.24, 2.45) is 0 Å². The number of hydrogen-bond donors (Lipinski definition) is 0. The molecule has 2 aromatic rings. The van der Waals surface area contributed by atoms with Gasteiger partial charge in [0.1, 0.15) is 0 Å². The lowest BCUT2D eigenvalue weighted by molar-refractivity contribution is -0.123. The van der Waals surface area contributed by atoms with Crippen molar-refractivity contribution < 1.29 is 19.1 Å². The van der Waals surface area contributed by atoms with Crippen LogP contribution in [0.1, 0.15) is 37.3 Å². The second-order valence-electron chi connectivity index (χ2n) is 9.03. The third kappa shape index (κ3) is 3.98. The molecule has 1 atom stereocenters. The van der Waals surface area contributed by atoms with Crippen LogP contribution >= 0.6 is 0 Å². The summed E-state index contributed by atoms with van der Waals surface area (Å²) < 4.78 is 10.9. The lowest BCUT2D eigenvalue weighted by Gasteiger charge is -2.37. The molecule has 0 N–H and O–H groups in total. The molecular weight excluding hydrogens is 406 g/mol. The van der Waals surface area contributed by atoms with Gasteiger partial charge in [0.2, 0.25) is 12.7 Å². The first-order valence-electron chi connectivity index (χ1n) is 11.3. The van der Waals surface area contributed by atoms with Crippen LogP contribution in [0.5, 0.6) is 11.5 Å². The maximum atomic E-state index is 13.1. The molecule has 5 rings (SSSR count). The summed E-state index contributed by atoms with van der Waals surface area (Å²) in [5.74, 6) is 1.80. The predicted molar refractivity (Wildman–Crippen MR) is 121 cm³/mol. The molecule has 32 heavy (non-hydrogen) atoms. The largest absolute Gasteiger partial charge is 0.454 e. The molecule has 2 amide bonds. The van der Waals surface area contributed by atoms with E-state index in [9.17, 15) is 9.59 Å². The highest BCUT2D eigenvalue weighted by Crippen LogP contribution is 2.33. The standard InChI is InChI=1S/C25H29N3O4/c1-17(2)19-4-6-20(7-5-19)28-24(29)14-21(25(28)30)27-11-9-26(10-12-27)15-18-3-8-22-23(13-18)32-16-31-22/h3-8,13,17,21H,9-12,14-16H2,1-2H3/t21-/m0/s1. The van der Waals surface area contributed by atoms with Crippen LogP contribution in [-0.4, -0.2) is 60.6 Å². The first kappa shape index (κ1) is 21.0. The second kappa shape index (κ2) is 8.56. The molecule has 0 radical (unpaired) electrons. The van der Waals surface area contributed by atoms with Gasteiger partial charge in [-0.15, -0.1) is 0 Å². The van der Waals surface area contributed by atoms with Crippen molar-refractivity contribution in [3.05, 3.63) is 53.6 Å². The van der Waals surface area contributed by atoms with Crippen LogP contribution in [0.3, 0.4) is 0 Å². The fourth-order valence-electron chi connectivity index (χ4n) is 4.71. The summed E-state index contributed by atoms with van der Waals surface area (Å²) in [4.78, 5) is 31.7. The summed E-state index contributed by atoms with van der Waals surface area (Å²) in [6.07, 6.45) is 0.257. The normalized spacial score (nSPS) is 21.7. The first-order chi connectivity index (χ1) is 15.5. The Bertz CT molecular complexity index is 1010. The number of hydrogen-bond acceptors (Lipinski definition) is 6. The second-order valence-corrected chi connectivity index (χ2v) is 9.03. The van der Waals surface area contributed by atoms with Gasteiger partial charge in [0.15, 0.2) is 11.5 Å². The van der Waals surface area contributed by atoms with Gasteiger partial charge in [0.25, 0.3) is 5.91 Å². The van der Waals surface area contributed by atoms with Gasteiger partial charge in [-0.3, -0.25) is 19.4 Å². The van der Waals surface area contributed by atoms with Gasteiger partial charge in [-0.25, -0.2) is 4.90 Å². The van der Waals surface area contributed by atoms with Crippen molar-refractivity contribution >= 4 is 17.5 Å². The Labute approximate surface area is 188 Å². The summed E-state index contributed by atoms with van der Waals surface area (Å²) in [5, 5.41) is 0. The minimum absolute atomic E-state index is 0.100. The van der Waals surface area contributed by atoms with E-state index in [1.165, 1.54) is 16.0 Å². The topological polar surface area (TPSA) is 62.3 Å². The molecule has 3 aliphatic heterocycles. The number of carbonyl (C=O) groups is 2. The fraction of sp³-hybridized carbons (Fsp3) is 0.440. The van der Waals surface area contributed by atoms with Crippen LogP contribution in [0.25, 0.3) is 0 Å². The van der Waals surface area contributed by atoms with Gasteiger partial charge in [-0.05, 0) is 41.3 Å².